The Morgan fingerprint density at radius 1 is 1.00 bits per heavy atom. The van der Waals surface area contributed by atoms with Crippen LogP contribution in [0, 0.1) is 13.8 Å². The summed E-state index contributed by atoms with van der Waals surface area (Å²) in [6.45, 7) is 5.22. The van der Waals surface area contributed by atoms with Gasteiger partial charge in [-0.3, -0.25) is 4.79 Å². The monoisotopic (exact) mass is 441 g/mol. The Hall–Kier alpha value is -3.58. The fourth-order valence-corrected chi connectivity index (χ4v) is 4.83. The molecule has 0 saturated carbocycles. The van der Waals surface area contributed by atoms with Crippen LogP contribution in [-0.4, -0.2) is 32.3 Å². The van der Waals surface area contributed by atoms with E-state index in [-0.39, 0.29) is 5.91 Å². The predicted octanol–water partition coefficient (Wildman–Crippen LogP) is 5.16. The van der Waals surface area contributed by atoms with Crippen molar-refractivity contribution < 1.29 is 4.79 Å². The molecule has 0 atom stereocenters. The fourth-order valence-electron chi connectivity index (χ4n) is 3.80. The second-order valence-electron chi connectivity index (χ2n) is 7.91. The number of aromatic nitrogens is 3. The first-order valence-electron chi connectivity index (χ1n) is 10.6. The van der Waals surface area contributed by atoms with Gasteiger partial charge in [0, 0.05) is 35.0 Å². The first-order valence-corrected chi connectivity index (χ1v) is 11.4. The lowest BCUT2D eigenvalue weighted by atomic mass is 10.1. The summed E-state index contributed by atoms with van der Waals surface area (Å²) in [5, 5.41) is 4.14. The van der Waals surface area contributed by atoms with Crippen molar-refractivity contribution in [1.29, 1.82) is 0 Å². The molecule has 0 bridgehead atoms. The van der Waals surface area contributed by atoms with E-state index in [9.17, 15) is 4.79 Å². The molecule has 1 aliphatic heterocycles. The van der Waals surface area contributed by atoms with Crippen LogP contribution in [0.15, 0.2) is 60.7 Å². The molecule has 1 aliphatic rings. The van der Waals surface area contributed by atoms with E-state index in [1.54, 1.807) is 11.3 Å². The molecule has 1 amide bonds. The zero-order valence-electron chi connectivity index (χ0n) is 18.0. The average molecular weight is 442 g/mol. The molecule has 32 heavy (non-hydrogen) atoms. The minimum atomic E-state index is 0.0633. The van der Waals surface area contributed by atoms with Crippen molar-refractivity contribution >= 4 is 28.2 Å². The minimum absolute atomic E-state index is 0.0633. The molecule has 0 aliphatic carbocycles. The van der Waals surface area contributed by atoms with Gasteiger partial charge in [-0.25, -0.2) is 15.0 Å². The van der Waals surface area contributed by atoms with Gasteiger partial charge < -0.3 is 10.2 Å². The molecule has 4 aromatic rings. The van der Waals surface area contributed by atoms with Crippen LogP contribution in [0.5, 0.6) is 0 Å². The first kappa shape index (κ1) is 20.3. The van der Waals surface area contributed by atoms with Crippen LogP contribution in [0.25, 0.3) is 11.3 Å². The molecule has 7 heteroatoms. The summed E-state index contributed by atoms with van der Waals surface area (Å²) in [6.07, 6.45) is 0.753. The van der Waals surface area contributed by atoms with E-state index >= 15 is 0 Å². The maximum absolute atomic E-state index is 12.8. The number of carbonyl (C=O) groups excluding carboxylic acids is 1. The molecular weight excluding hydrogens is 418 g/mol. The maximum Gasteiger partial charge on any atom is 0.254 e. The van der Waals surface area contributed by atoms with Crippen molar-refractivity contribution in [2.24, 2.45) is 0 Å². The van der Waals surface area contributed by atoms with E-state index < -0.39 is 0 Å². The van der Waals surface area contributed by atoms with Gasteiger partial charge in [-0.2, -0.15) is 0 Å². The van der Waals surface area contributed by atoms with Crippen LogP contribution in [0.3, 0.4) is 0 Å². The van der Waals surface area contributed by atoms with Gasteiger partial charge in [0.1, 0.15) is 11.6 Å². The number of hydrogen-bond acceptors (Lipinski definition) is 6. The second kappa shape index (κ2) is 8.51. The summed E-state index contributed by atoms with van der Waals surface area (Å²) in [7, 11) is 0. The molecule has 3 heterocycles. The Labute approximate surface area is 191 Å². The number of fused-ring (bicyclic) bond motifs is 1. The Balaban J connectivity index is 1.35. The largest absolute Gasteiger partial charge is 0.333 e. The van der Waals surface area contributed by atoms with Crippen LogP contribution < -0.4 is 5.32 Å². The predicted molar refractivity (Wildman–Crippen MR) is 127 cm³/mol. The number of aryl methyl sites for hydroxylation is 2. The molecule has 6 nitrogen and oxygen atoms in total. The average Bonchev–Trinajstić information content (AvgIpc) is 3.20. The van der Waals surface area contributed by atoms with Crippen molar-refractivity contribution in [2.45, 2.75) is 26.8 Å². The highest BCUT2D eigenvalue weighted by Crippen LogP contribution is 2.31. The number of nitrogens with zero attached hydrogens (tertiary/aromatic N) is 4. The highest BCUT2D eigenvalue weighted by Gasteiger charge is 2.25. The maximum atomic E-state index is 12.8. The summed E-state index contributed by atoms with van der Waals surface area (Å²) < 4.78 is 0. The fraction of sp³-hybridized carbons (Fsp3) is 0.200. The first-order chi connectivity index (χ1) is 15.5. The quantitative estimate of drug-likeness (QED) is 0.474. The van der Waals surface area contributed by atoms with E-state index in [1.165, 1.54) is 5.56 Å². The lowest BCUT2D eigenvalue weighted by Crippen LogP contribution is -2.35. The lowest BCUT2D eigenvalue weighted by molar-refractivity contribution is 0.0736. The number of rotatable bonds is 4. The normalized spacial score (nSPS) is 13.0. The molecule has 0 fully saturated rings. The van der Waals surface area contributed by atoms with Crippen molar-refractivity contribution in [2.75, 3.05) is 11.9 Å². The number of hydrogen-bond donors (Lipinski definition) is 1. The molecule has 2 aromatic carbocycles. The van der Waals surface area contributed by atoms with Crippen molar-refractivity contribution in [1.82, 2.24) is 19.9 Å². The molecule has 2 aromatic heterocycles. The number of thiazole rings is 1. The number of carbonyl (C=O) groups is 1. The minimum Gasteiger partial charge on any atom is -0.333 e. The van der Waals surface area contributed by atoms with E-state index in [4.69, 9.17) is 4.98 Å². The Kier molecular flexibility index (Phi) is 5.41. The van der Waals surface area contributed by atoms with Gasteiger partial charge in [0.05, 0.1) is 17.9 Å². The van der Waals surface area contributed by atoms with Crippen molar-refractivity contribution in [3.63, 3.8) is 0 Å². The van der Waals surface area contributed by atoms with Gasteiger partial charge >= 0.3 is 0 Å². The third-order valence-electron chi connectivity index (χ3n) is 5.46. The summed E-state index contributed by atoms with van der Waals surface area (Å²) in [5.41, 5.74) is 4.92. The van der Waals surface area contributed by atoms with E-state index in [0.29, 0.717) is 18.9 Å². The van der Waals surface area contributed by atoms with Gasteiger partial charge in [-0.1, -0.05) is 59.4 Å². The van der Waals surface area contributed by atoms with E-state index in [0.717, 1.165) is 44.8 Å². The third-order valence-corrected chi connectivity index (χ3v) is 6.46. The SMILES string of the molecule is Cc1ccc(-c2cc(Nc3nc4c(s3)CN(C(=O)c3ccccc3)CC4)nc(C)n2)cc1. The van der Waals surface area contributed by atoms with Gasteiger partial charge in [-0.05, 0) is 26.0 Å². The number of anilines is 2. The molecule has 5 rings (SSSR count). The van der Waals surface area contributed by atoms with Crippen molar-refractivity contribution in [3.8, 4) is 11.3 Å². The summed E-state index contributed by atoms with van der Waals surface area (Å²) >= 11 is 1.58. The number of amides is 1. The van der Waals surface area contributed by atoms with E-state index in [2.05, 4.69) is 46.5 Å². The molecule has 160 valence electrons. The van der Waals surface area contributed by atoms with Crippen LogP contribution in [-0.2, 0) is 13.0 Å². The van der Waals surface area contributed by atoms with Crippen LogP contribution >= 0.6 is 11.3 Å². The molecular formula is C25H23N5OS. The Morgan fingerprint density at radius 2 is 1.78 bits per heavy atom. The van der Waals surface area contributed by atoms with Gasteiger partial charge in [0.2, 0.25) is 0 Å². The lowest BCUT2D eigenvalue weighted by Gasteiger charge is -2.26. The Bertz CT molecular complexity index is 1270. The summed E-state index contributed by atoms with van der Waals surface area (Å²) in [4.78, 5) is 29.7. The van der Waals surface area contributed by atoms with Crippen LogP contribution in [0.2, 0.25) is 0 Å². The molecule has 0 unspecified atom stereocenters. The summed E-state index contributed by atoms with van der Waals surface area (Å²) in [6, 6.07) is 19.7. The molecule has 0 radical (unpaired) electrons. The highest BCUT2D eigenvalue weighted by atomic mass is 32.1. The van der Waals surface area contributed by atoms with Gasteiger partial charge in [0.25, 0.3) is 5.91 Å². The number of benzene rings is 2. The van der Waals surface area contributed by atoms with Crippen LogP contribution in [0.4, 0.5) is 10.9 Å². The summed E-state index contributed by atoms with van der Waals surface area (Å²) in [5.74, 6) is 1.48. The molecule has 1 N–H and O–H groups in total. The highest BCUT2D eigenvalue weighted by molar-refractivity contribution is 7.15. The standard InChI is InChI=1S/C25H23N5OS/c1-16-8-10-18(11-9-16)21-14-23(27-17(2)26-21)29-25-28-20-12-13-30(15-22(20)32-25)24(31)19-6-4-3-5-7-19/h3-11,14H,12-13,15H2,1-2H3,(H,26,27,28,29). The topological polar surface area (TPSA) is 71.0 Å². The third kappa shape index (κ3) is 4.24. The van der Waals surface area contributed by atoms with Crippen molar-refractivity contribution in [3.05, 3.63) is 88.2 Å². The molecule has 0 saturated heterocycles. The number of nitrogens with one attached hydrogen (secondary N) is 1. The van der Waals surface area contributed by atoms with Gasteiger partial charge in [-0.15, -0.1) is 0 Å². The smallest absolute Gasteiger partial charge is 0.254 e. The van der Waals surface area contributed by atoms with E-state index in [1.807, 2.05) is 48.2 Å². The van der Waals surface area contributed by atoms with Crippen LogP contribution in [0.1, 0.15) is 32.3 Å². The Morgan fingerprint density at radius 3 is 2.56 bits per heavy atom. The van der Waals surface area contributed by atoms with Gasteiger partial charge in [0.15, 0.2) is 5.13 Å². The zero-order chi connectivity index (χ0) is 22.1. The second-order valence-corrected chi connectivity index (χ2v) is 8.99. The molecule has 0 spiro atoms. The zero-order valence-corrected chi connectivity index (χ0v) is 18.8.